The van der Waals surface area contributed by atoms with E-state index in [1.165, 1.54) is 12.8 Å². The molecule has 2 atom stereocenters. The van der Waals surface area contributed by atoms with Crippen molar-refractivity contribution in [1.29, 1.82) is 0 Å². The number of nitrogens with zero attached hydrogens (tertiary/aromatic N) is 1. The van der Waals surface area contributed by atoms with Gasteiger partial charge in [0.2, 0.25) is 0 Å². The van der Waals surface area contributed by atoms with Gasteiger partial charge in [-0.25, -0.2) is 9.59 Å². The van der Waals surface area contributed by atoms with Crippen LogP contribution in [0.15, 0.2) is 0 Å². The Morgan fingerprint density at radius 1 is 1.38 bits per heavy atom. The van der Waals surface area contributed by atoms with Crippen LogP contribution in [0.2, 0.25) is 0 Å². The normalized spacial score (nSPS) is 27.5. The van der Waals surface area contributed by atoms with Crippen LogP contribution in [0.4, 0.5) is 4.79 Å². The standard InChI is InChI=1S/C14H25N3O4/c1-11(9-17-5-2-3-6-17)8-15-13(20)16-14(12(18)19)4-7-21-10-14/h11H,2-10H2,1H3,(H,18,19)(H2,15,16,20). The zero-order chi connectivity index (χ0) is 15.3. The molecule has 0 saturated carbocycles. The van der Waals surface area contributed by atoms with Crippen molar-refractivity contribution >= 4 is 12.0 Å². The third-order valence-electron chi connectivity index (χ3n) is 4.16. The first-order valence-electron chi connectivity index (χ1n) is 7.61. The van der Waals surface area contributed by atoms with Gasteiger partial charge in [0.1, 0.15) is 0 Å². The van der Waals surface area contributed by atoms with E-state index < -0.39 is 17.5 Å². The number of rotatable bonds is 6. The number of ether oxygens (including phenoxy) is 1. The molecule has 2 aliphatic heterocycles. The van der Waals surface area contributed by atoms with Gasteiger partial charge in [-0.05, 0) is 31.8 Å². The van der Waals surface area contributed by atoms with E-state index in [1.807, 2.05) is 0 Å². The Morgan fingerprint density at radius 3 is 2.67 bits per heavy atom. The Bertz CT molecular complexity index is 376. The van der Waals surface area contributed by atoms with Crippen molar-refractivity contribution < 1.29 is 19.4 Å². The zero-order valence-corrected chi connectivity index (χ0v) is 12.6. The molecule has 120 valence electrons. The topological polar surface area (TPSA) is 90.9 Å². The van der Waals surface area contributed by atoms with Crippen LogP contribution >= 0.6 is 0 Å². The highest BCUT2D eigenvalue weighted by Crippen LogP contribution is 2.18. The fourth-order valence-corrected chi connectivity index (χ4v) is 2.88. The van der Waals surface area contributed by atoms with Crippen molar-refractivity contribution in [2.75, 3.05) is 39.4 Å². The van der Waals surface area contributed by atoms with Gasteiger partial charge in [-0.1, -0.05) is 6.92 Å². The highest BCUT2D eigenvalue weighted by Gasteiger charge is 2.44. The number of carboxylic acid groups (broad SMARTS) is 1. The van der Waals surface area contributed by atoms with Crippen LogP contribution in [0.25, 0.3) is 0 Å². The molecule has 2 saturated heterocycles. The first kappa shape index (κ1) is 16.0. The molecular weight excluding hydrogens is 274 g/mol. The van der Waals surface area contributed by atoms with Crippen LogP contribution in [0, 0.1) is 5.92 Å². The molecule has 0 aromatic heterocycles. The number of carbonyl (C=O) groups excluding carboxylic acids is 1. The zero-order valence-electron chi connectivity index (χ0n) is 12.6. The van der Waals surface area contributed by atoms with Crippen molar-refractivity contribution in [2.45, 2.75) is 31.7 Å². The number of urea groups is 1. The van der Waals surface area contributed by atoms with E-state index in [0.717, 1.165) is 19.6 Å². The van der Waals surface area contributed by atoms with Crippen molar-refractivity contribution in [3.63, 3.8) is 0 Å². The van der Waals surface area contributed by atoms with E-state index in [1.54, 1.807) is 0 Å². The maximum absolute atomic E-state index is 11.9. The van der Waals surface area contributed by atoms with E-state index in [4.69, 9.17) is 4.74 Å². The minimum Gasteiger partial charge on any atom is -0.479 e. The Kier molecular flexibility index (Phi) is 5.41. The van der Waals surface area contributed by atoms with Gasteiger partial charge in [-0.15, -0.1) is 0 Å². The minimum absolute atomic E-state index is 0.0269. The molecular formula is C14H25N3O4. The molecule has 0 radical (unpaired) electrons. The Balaban J connectivity index is 1.72. The molecule has 2 amide bonds. The van der Waals surface area contributed by atoms with E-state index in [2.05, 4.69) is 22.5 Å². The first-order chi connectivity index (χ1) is 10.0. The van der Waals surface area contributed by atoms with Crippen molar-refractivity contribution in [2.24, 2.45) is 5.92 Å². The van der Waals surface area contributed by atoms with Crippen LogP contribution in [0.5, 0.6) is 0 Å². The second kappa shape index (κ2) is 7.09. The number of hydrogen-bond acceptors (Lipinski definition) is 4. The second-order valence-electron chi connectivity index (χ2n) is 6.14. The van der Waals surface area contributed by atoms with Gasteiger partial charge >= 0.3 is 12.0 Å². The monoisotopic (exact) mass is 299 g/mol. The van der Waals surface area contributed by atoms with Crippen LogP contribution in [-0.4, -0.2) is 66.9 Å². The highest BCUT2D eigenvalue weighted by atomic mass is 16.5. The van der Waals surface area contributed by atoms with Crippen LogP contribution < -0.4 is 10.6 Å². The summed E-state index contributed by atoms with van der Waals surface area (Å²) in [7, 11) is 0. The molecule has 0 aromatic rings. The molecule has 2 unspecified atom stereocenters. The predicted molar refractivity (Wildman–Crippen MR) is 77.2 cm³/mol. The molecule has 2 heterocycles. The molecule has 0 bridgehead atoms. The van der Waals surface area contributed by atoms with Gasteiger partial charge in [0.25, 0.3) is 0 Å². The Hall–Kier alpha value is -1.34. The summed E-state index contributed by atoms with van der Waals surface area (Å²) in [5.41, 5.74) is -1.28. The Labute approximate surface area is 125 Å². The fraction of sp³-hybridized carbons (Fsp3) is 0.857. The summed E-state index contributed by atoms with van der Waals surface area (Å²) in [4.78, 5) is 25.6. The lowest BCUT2D eigenvalue weighted by Crippen LogP contribution is -2.58. The van der Waals surface area contributed by atoms with Crippen LogP contribution in [0.3, 0.4) is 0 Å². The lowest BCUT2D eigenvalue weighted by molar-refractivity contribution is -0.144. The summed E-state index contributed by atoms with van der Waals surface area (Å²) >= 11 is 0. The Morgan fingerprint density at radius 2 is 2.10 bits per heavy atom. The molecule has 7 nitrogen and oxygen atoms in total. The maximum atomic E-state index is 11.9. The third-order valence-corrected chi connectivity index (χ3v) is 4.16. The quantitative estimate of drug-likeness (QED) is 0.654. The molecule has 0 aliphatic carbocycles. The molecule has 2 fully saturated rings. The van der Waals surface area contributed by atoms with E-state index in [0.29, 0.717) is 25.5 Å². The lowest BCUT2D eigenvalue weighted by atomic mass is 9.99. The summed E-state index contributed by atoms with van der Waals surface area (Å²) in [6, 6.07) is -0.434. The molecule has 2 rings (SSSR count). The molecule has 0 spiro atoms. The highest BCUT2D eigenvalue weighted by molar-refractivity contribution is 5.86. The maximum Gasteiger partial charge on any atom is 0.332 e. The summed E-state index contributed by atoms with van der Waals surface area (Å²) < 4.78 is 5.11. The minimum atomic E-state index is -1.28. The number of hydrogen-bond donors (Lipinski definition) is 3. The van der Waals surface area contributed by atoms with Crippen LogP contribution in [0.1, 0.15) is 26.2 Å². The average molecular weight is 299 g/mol. The number of nitrogens with one attached hydrogen (secondary N) is 2. The van der Waals surface area contributed by atoms with Crippen molar-refractivity contribution in [3.8, 4) is 0 Å². The molecule has 21 heavy (non-hydrogen) atoms. The van der Waals surface area contributed by atoms with Gasteiger partial charge < -0.3 is 25.4 Å². The molecule has 3 N–H and O–H groups in total. The molecule has 7 heteroatoms. The number of likely N-dealkylation sites (tertiary alicyclic amines) is 1. The van der Waals surface area contributed by atoms with Gasteiger partial charge in [0, 0.05) is 26.1 Å². The largest absolute Gasteiger partial charge is 0.479 e. The van der Waals surface area contributed by atoms with Gasteiger partial charge in [-0.3, -0.25) is 0 Å². The van der Waals surface area contributed by atoms with Gasteiger partial charge in [-0.2, -0.15) is 0 Å². The van der Waals surface area contributed by atoms with Gasteiger partial charge in [0.05, 0.1) is 6.61 Å². The number of aliphatic carboxylic acids is 1. The first-order valence-corrected chi connectivity index (χ1v) is 7.61. The predicted octanol–water partition coefficient (Wildman–Crippen LogP) is 0.261. The number of carbonyl (C=O) groups is 2. The summed E-state index contributed by atoms with van der Waals surface area (Å²) in [5.74, 6) is -0.699. The fourth-order valence-electron chi connectivity index (χ4n) is 2.88. The summed E-state index contributed by atoms with van der Waals surface area (Å²) in [6.45, 7) is 6.25. The van der Waals surface area contributed by atoms with Gasteiger partial charge in [0.15, 0.2) is 5.54 Å². The van der Waals surface area contributed by atoms with E-state index in [9.17, 15) is 14.7 Å². The smallest absolute Gasteiger partial charge is 0.332 e. The number of carboxylic acids is 1. The average Bonchev–Trinajstić information content (AvgIpc) is 3.08. The number of amides is 2. The second-order valence-corrected chi connectivity index (χ2v) is 6.14. The van der Waals surface area contributed by atoms with Crippen molar-refractivity contribution in [3.05, 3.63) is 0 Å². The molecule has 0 aromatic carbocycles. The summed E-state index contributed by atoms with van der Waals surface area (Å²) in [6.07, 6.45) is 2.81. The van der Waals surface area contributed by atoms with Crippen LogP contribution in [-0.2, 0) is 9.53 Å². The molecule has 2 aliphatic rings. The lowest BCUT2D eigenvalue weighted by Gasteiger charge is -2.25. The van der Waals surface area contributed by atoms with E-state index >= 15 is 0 Å². The van der Waals surface area contributed by atoms with Crippen molar-refractivity contribution in [1.82, 2.24) is 15.5 Å². The van der Waals surface area contributed by atoms with E-state index in [-0.39, 0.29) is 6.61 Å². The third kappa shape index (κ3) is 4.31. The SMILES string of the molecule is CC(CNC(=O)NC1(C(=O)O)CCOC1)CN1CCCC1. The summed E-state index contributed by atoms with van der Waals surface area (Å²) in [5, 5.41) is 14.6.